The number of rotatable bonds is 7. The van der Waals surface area contributed by atoms with Crippen molar-refractivity contribution in [3.63, 3.8) is 0 Å². The van der Waals surface area contributed by atoms with Gasteiger partial charge in [-0.1, -0.05) is 24.3 Å². The molecule has 0 aliphatic carbocycles. The number of hydrogen-bond acceptors (Lipinski definition) is 4. The van der Waals surface area contributed by atoms with Gasteiger partial charge in [0.15, 0.2) is 0 Å². The quantitative estimate of drug-likeness (QED) is 0.354. The second-order valence-electron chi connectivity index (χ2n) is 8.99. The number of aromatic nitrogens is 2. The number of nitrogens with two attached hydrogens (primary N) is 1. The maximum Gasteiger partial charge on any atom is 0.416 e. The van der Waals surface area contributed by atoms with E-state index in [0.29, 0.717) is 31.7 Å². The molecule has 1 aliphatic rings. The van der Waals surface area contributed by atoms with Crippen LogP contribution >= 0.6 is 0 Å². The van der Waals surface area contributed by atoms with Gasteiger partial charge in [-0.05, 0) is 53.9 Å². The van der Waals surface area contributed by atoms with E-state index >= 15 is 0 Å². The first-order valence-electron chi connectivity index (χ1n) is 11.8. The molecular weight excluding hydrogens is 483 g/mol. The van der Waals surface area contributed by atoms with Crippen molar-refractivity contribution in [3.05, 3.63) is 89.2 Å². The average Bonchev–Trinajstić information content (AvgIpc) is 3.44. The van der Waals surface area contributed by atoms with Crippen molar-refractivity contribution < 1.29 is 22.8 Å². The lowest BCUT2D eigenvalue weighted by atomic mass is 10.1. The van der Waals surface area contributed by atoms with Crippen LogP contribution in [0.5, 0.6) is 0 Å². The highest BCUT2D eigenvalue weighted by Gasteiger charge is 2.30. The summed E-state index contributed by atoms with van der Waals surface area (Å²) in [6, 6.07) is 15.6. The second-order valence-corrected chi connectivity index (χ2v) is 8.99. The molecule has 0 bridgehead atoms. The number of nitrogens with zero attached hydrogens (tertiary/aromatic N) is 2. The van der Waals surface area contributed by atoms with E-state index in [1.54, 1.807) is 18.2 Å². The lowest BCUT2D eigenvalue weighted by Crippen LogP contribution is -2.35. The molecule has 1 fully saturated rings. The molecule has 1 saturated heterocycles. The van der Waals surface area contributed by atoms with Crippen LogP contribution in [0.25, 0.3) is 22.2 Å². The van der Waals surface area contributed by atoms with Crippen LogP contribution in [-0.2, 0) is 24.1 Å². The summed E-state index contributed by atoms with van der Waals surface area (Å²) in [4.78, 5) is 28.0. The van der Waals surface area contributed by atoms with Gasteiger partial charge >= 0.3 is 6.18 Å². The third-order valence-corrected chi connectivity index (χ3v) is 6.48. The van der Waals surface area contributed by atoms with Crippen LogP contribution < -0.4 is 16.4 Å². The van der Waals surface area contributed by atoms with Gasteiger partial charge in [0.2, 0.25) is 5.91 Å². The highest BCUT2D eigenvalue weighted by Crippen LogP contribution is 2.31. The minimum absolute atomic E-state index is 0.0401. The third-order valence-electron chi connectivity index (χ3n) is 6.48. The number of alkyl halides is 3. The first kappa shape index (κ1) is 24.5. The maximum absolute atomic E-state index is 13.0. The Kier molecular flexibility index (Phi) is 6.43. The third kappa shape index (κ3) is 5.19. The first-order valence-corrected chi connectivity index (χ1v) is 11.8. The number of carbonyl (C=O) groups is 2. The first-order chi connectivity index (χ1) is 17.7. The Morgan fingerprint density at radius 1 is 1.14 bits per heavy atom. The van der Waals surface area contributed by atoms with Crippen LogP contribution in [0.2, 0.25) is 0 Å². The van der Waals surface area contributed by atoms with E-state index in [0.717, 1.165) is 39.7 Å². The zero-order valence-electron chi connectivity index (χ0n) is 19.7. The monoisotopic (exact) mass is 507 g/mol. The lowest BCUT2D eigenvalue weighted by molar-refractivity contribution is -0.137. The van der Waals surface area contributed by atoms with E-state index in [1.807, 2.05) is 29.0 Å². The van der Waals surface area contributed by atoms with Crippen LogP contribution in [0.4, 0.5) is 13.2 Å². The zero-order chi connectivity index (χ0) is 26.2. The van der Waals surface area contributed by atoms with E-state index in [1.165, 1.54) is 12.1 Å². The van der Waals surface area contributed by atoms with Gasteiger partial charge in [0.05, 0.1) is 17.3 Å². The summed E-state index contributed by atoms with van der Waals surface area (Å²) in [5.74, 6) is -0.660. The minimum atomic E-state index is -4.39. The van der Waals surface area contributed by atoms with Crippen LogP contribution in [0, 0.1) is 0 Å². The number of nitrogens with one attached hydrogen (secondary N) is 2. The van der Waals surface area contributed by atoms with E-state index in [9.17, 15) is 22.8 Å². The van der Waals surface area contributed by atoms with Gasteiger partial charge in [-0.25, -0.2) is 4.98 Å². The largest absolute Gasteiger partial charge is 0.416 e. The Balaban J connectivity index is 1.51. The number of amides is 2. The van der Waals surface area contributed by atoms with E-state index in [-0.39, 0.29) is 17.6 Å². The molecule has 1 atom stereocenters. The van der Waals surface area contributed by atoms with Gasteiger partial charge in [-0.3, -0.25) is 9.59 Å². The molecule has 0 radical (unpaired) electrons. The Bertz CT molecular complexity index is 1480. The van der Waals surface area contributed by atoms with E-state index in [4.69, 9.17) is 5.73 Å². The molecule has 2 amide bonds. The summed E-state index contributed by atoms with van der Waals surface area (Å²) in [5.41, 5.74) is 8.75. The molecule has 0 saturated carbocycles. The summed E-state index contributed by atoms with van der Waals surface area (Å²) in [7, 11) is 0. The molecule has 1 aliphatic heterocycles. The van der Waals surface area contributed by atoms with Crippen molar-refractivity contribution in [2.45, 2.75) is 31.7 Å². The molecule has 2 aromatic carbocycles. The van der Waals surface area contributed by atoms with E-state index < -0.39 is 17.6 Å². The highest BCUT2D eigenvalue weighted by molar-refractivity contribution is 5.92. The van der Waals surface area contributed by atoms with Gasteiger partial charge in [0.25, 0.3) is 5.91 Å². The molecule has 10 heteroatoms. The molecule has 4 N–H and O–H groups in total. The molecule has 7 nitrogen and oxygen atoms in total. The summed E-state index contributed by atoms with van der Waals surface area (Å²) in [6.07, 6.45) is -1.75. The van der Waals surface area contributed by atoms with Crippen molar-refractivity contribution in [2.24, 2.45) is 5.73 Å². The summed E-state index contributed by atoms with van der Waals surface area (Å²) >= 11 is 0. The topological polar surface area (TPSA) is 102 Å². The van der Waals surface area contributed by atoms with Crippen molar-refractivity contribution in [2.75, 3.05) is 6.54 Å². The average molecular weight is 508 g/mol. The lowest BCUT2D eigenvalue weighted by Gasteiger charge is -2.09. The number of pyridine rings is 1. The Labute approximate surface area is 210 Å². The predicted molar refractivity (Wildman–Crippen MR) is 132 cm³/mol. The molecule has 190 valence electrons. The fourth-order valence-corrected chi connectivity index (χ4v) is 4.55. The SMILES string of the molecule is NC(=O)c1cccc(-c2ccc3c(c2)c(CNC2CCNC2=O)cn3Cc2ccc(C(F)(F)F)cc2)n1. The van der Waals surface area contributed by atoms with Gasteiger partial charge < -0.3 is 20.9 Å². The number of hydrogen-bond donors (Lipinski definition) is 3. The molecule has 0 spiro atoms. The van der Waals surface area contributed by atoms with Crippen LogP contribution in [0.3, 0.4) is 0 Å². The summed E-state index contributed by atoms with van der Waals surface area (Å²) in [5, 5.41) is 7.01. The molecule has 5 rings (SSSR count). The van der Waals surface area contributed by atoms with E-state index in [2.05, 4.69) is 15.6 Å². The van der Waals surface area contributed by atoms with Crippen LogP contribution in [0.15, 0.2) is 66.9 Å². The number of carbonyl (C=O) groups excluding carboxylic acids is 2. The molecule has 4 aromatic rings. The van der Waals surface area contributed by atoms with Gasteiger partial charge in [0.1, 0.15) is 5.69 Å². The van der Waals surface area contributed by atoms with Crippen molar-refractivity contribution >= 4 is 22.7 Å². The normalized spacial score (nSPS) is 15.8. The van der Waals surface area contributed by atoms with Gasteiger partial charge in [0, 0.05) is 42.3 Å². The fraction of sp³-hybridized carbons (Fsp3) is 0.222. The highest BCUT2D eigenvalue weighted by atomic mass is 19.4. The Morgan fingerprint density at radius 3 is 2.59 bits per heavy atom. The Hall–Kier alpha value is -4.18. The number of primary amides is 1. The van der Waals surface area contributed by atoms with Crippen molar-refractivity contribution in [1.82, 2.24) is 20.2 Å². The minimum Gasteiger partial charge on any atom is -0.364 e. The molecule has 3 heterocycles. The van der Waals surface area contributed by atoms with Crippen molar-refractivity contribution in [3.8, 4) is 11.3 Å². The zero-order valence-corrected chi connectivity index (χ0v) is 19.7. The standard InChI is InChI=1S/C27H24F3N5O2/c28-27(29,30)19-7-4-16(5-8-19)14-35-15-18(13-33-23-10-11-32-26(23)37)20-12-17(6-9-24(20)35)21-2-1-3-22(34-21)25(31)36/h1-9,12,15,23,33H,10-11,13-14H2,(H2,31,36)(H,32,37). The predicted octanol–water partition coefficient (Wildman–Crippen LogP) is 3.85. The summed E-state index contributed by atoms with van der Waals surface area (Å²) < 4.78 is 40.9. The molecule has 2 aromatic heterocycles. The number of benzene rings is 2. The van der Waals surface area contributed by atoms with Crippen molar-refractivity contribution in [1.29, 1.82) is 0 Å². The summed E-state index contributed by atoms with van der Waals surface area (Å²) in [6.45, 7) is 1.41. The smallest absolute Gasteiger partial charge is 0.364 e. The van der Waals surface area contributed by atoms with Gasteiger partial charge in [-0.15, -0.1) is 0 Å². The number of halogens is 3. The van der Waals surface area contributed by atoms with Gasteiger partial charge in [-0.2, -0.15) is 13.2 Å². The fourth-order valence-electron chi connectivity index (χ4n) is 4.55. The molecular formula is C27H24F3N5O2. The van der Waals surface area contributed by atoms with Crippen LogP contribution in [-0.4, -0.2) is 34.0 Å². The second kappa shape index (κ2) is 9.70. The number of fused-ring (bicyclic) bond motifs is 1. The maximum atomic E-state index is 13.0. The molecule has 37 heavy (non-hydrogen) atoms. The Morgan fingerprint density at radius 2 is 1.92 bits per heavy atom. The molecule has 1 unspecified atom stereocenters. The van der Waals surface area contributed by atoms with Crippen LogP contribution in [0.1, 0.15) is 33.6 Å².